The lowest BCUT2D eigenvalue weighted by Crippen LogP contribution is -2.39. The van der Waals surface area contributed by atoms with Gasteiger partial charge in [-0.3, -0.25) is 4.79 Å². The van der Waals surface area contributed by atoms with Crippen LogP contribution in [0, 0.1) is 5.41 Å². The van der Waals surface area contributed by atoms with Crippen LogP contribution < -0.4 is 10.1 Å². The van der Waals surface area contributed by atoms with Crippen LogP contribution >= 0.6 is 15.9 Å². The Morgan fingerprint density at radius 2 is 1.90 bits per heavy atom. The number of allylic oxidation sites excluding steroid dienone is 3. The minimum Gasteiger partial charge on any atom is -0.496 e. The molecule has 0 saturated heterocycles. The number of esters is 1. The molecule has 1 aromatic carbocycles. The zero-order valence-electron chi connectivity index (χ0n) is 18.6. The normalized spacial score (nSPS) is 23.5. The molecule has 166 valence electrons. The Bertz CT molecular complexity index is 985. The van der Waals surface area contributed by atoms with E-state index in [0.29, 0.717) is 23.3 Å². The maximum absolute atomic E-state index is 13.4. The molecule has 0 radical (unpaired) electrons. The van der Waals surface area contributed by atoms with Crippen LogP contribution in [0.15, 0.2) is 45.2 Å². The molecule has 1 atom stereocenters. The number of carbonyl (C=O) groups is 2. The van der Waals surface area contributed by atoms with E-state index in [1.54, 1.807) is 7.11 Å². The summed E-state index contributed by atoms with van der Waals surface area (Å²) in [4.78, 5) is 26.7. The van der Waals surface area contributed by atoms with E-state index < -0.39 is 5.92 Å². The molecule has 3 aliphatic rings. The van der Waals surface area contributed by atoms with E-state index in [4.69, 9.17) is 9.47 Å². The lowest BCUT2D eigenvalue weighted by Gasteiger charge is -2.39. The number of rotatable bonds is 4. The van der Waals surface area contributed by atoms with Crippen LogP contribution in [0.25, 0.3) is 0 Å². The molecule has 0 aromatic heterocycles. The predicted octanol–water partition coefficient (Wildman–Crippen LogP) is 5.55. The predicted molar refractivity (Wildman–Crippen MR) is 123 cm³/mol. The van der Waals surface area contributed by atoms with Crippen molar-refractivity contribution in [3.8, 4) is 5.75 Å². The fraction of sp³-hybridized carbons (Fsp3) is 0.520. The van der Waals surface area contributed by atoms with E-state index in [0.717, 1.165) is 53.5 Å². The van der Waals surface area contributed by atoms with Crippen molar-refractivity contribution >= 4 is 27.7 Å². The maximum Gasteiger partial charge on any atom is 0.337 e. The quantitative estimate of drug-likeness (QED) is 0.564. The van der Waals surface area contributed by atoms with E-state index in [1.165, 1.54) is 0 Å². The Labute approximate surface area is 192 Å². The number of nitrogens with one attached hydrogen (secondary N) is 1. The summed E-state index contributed by atoms with van der Waals surface area (Å²) in [5.41, 5.74) is 3.69. The molecule has 2 aliphatic carbocycles. The first-order valence-corrected chi connectivity index (χ1v) is 11.8. The molecule has 0 unspecified atom stereocenters. The Morgan fingerprint density at radius 3 is 2.55 bits per heavy atom. The summed E-state index contributed by atoms with van der Waals surface area (Å²) in [6.45, 7) is 6.13. The van der Waals surface area contributed by atoms with E-state index in [9.17, 15) is 9.59 Å². The summed E-state index contributed by atoms with van der Waals surface area (Å²) in [5.74, 6) is 0.0297. The third-order valence-electron chi connectivity index (χ3n) is 6.54. The second kappa shape index (κ2) is 8.45. The standard InChI is InChI=1S/C25H30BrNO4/c1-14-21(24(29)31-16-7-5-6-8-16)22(15-9-10-20(30-4)17(26)11-15)23-18(27-14)12-25(2,3)13-19(23)28/h9-11,16,22,27H,5-8,12-13H2,1-4H3/t22-/m0/s1. The van der Waals surface area contributed by atoms with Crippen LogP contribution in [0.4, 0.5) is 0 Å². The van der Waals surface area contributed by atoms with Crippen molar-refractivity contribution in [1.29, 1.82) is 0 Å². The molecule has 1 heterocycles. The minimum absolute atomic E-state index is 0.0348. The zero-order valence-corrected chi connectivity index (χ0v) is 20.2. The molecule has 0 amide bonds. The zero-order chi connectivity index (χ0) is 22.3. The van der Waals surface area contributed by atoms with Gasteiger partial charge in [0.1, 0.15) is 11.9 Å². The smallest absolute Gasteiger partial charge is 0.337 e. The molecule has 5 nitrogen and oxygen atoms in total. The SMILES string of the molecule is COc1ccc([C@H]2C(C(=O)OC3CCCC3)=C(C)NC3=C2C(=O)CC(C)(C)C3)cc1Br. The molecule has 31 heavy (non-hydrogen) atoms. The lowest BCUT2D eigenvalue weighted by atomic mass is 9.68. The topological polar surface area (TPSA) is 64.6 Å². The third kappa shape index (κ3) is 4.32. The van der Waals surface area contributed by atoms with Crippen molar-refractivity contribution in [2.24, 2.45) is 5.41 Å². The second-order valence-corrected chi connectivity index (χ2v) is 10.5. The molecule has 0 bridgehead atoms. The van der Waals surface area contributed by atoms with E-state index in [1.807, 2.05) is 25.1 Å². The van der Waals surface area contributed by atoms with Crippen LogP contribution in [-0.2, 0) is 14.3 Å². The van der Waals surface area contributed by atoms with Crippen LogP contribution in [0.1, 0.15) is 70.8 Å². The second-order valence-electron chi connectivity index (χ2n) is 9.64. The molecule has 6 heteroatoms. The van der Waals surface area contributed by atoms with Crippen molar-refractivity contribution in [3.05, 3.63) is 50.8 Å². The number of hydrogen-bond donors (Lipinski definition) is 1. The van der Waals surface area contributed by atoms with Gasteiger partial charge in [0.15, 0.2) is 5.78 Å². The van der Waals surface area contributed by atoms with Gasteiger partial charge < -0.3 is 14.8 Å². The van der Waals surface area contributed by atoms with Gasteiger partial charge in [-0.25, -0.2) is 4.79 Å². The Hall–Kier alpha value is -2.08. The first-order chi connectivity index (χ1) is 14.7. The number of methoxy groups -OCH3 is 1. The Balaban J connectivity index is 1.80. The number of benzene rings is 1. The fourth-order valence-corrected chi connectivity index (χ4v) is 5.68. The van der Waals surface area contributed by atoms with Gasteiger partial charge in [-0.1, -0.05) is 19.9 Å². The maximum atomic E-state index is 13.4. The number of carbonyl (C=O) groups excluding carboxylic acids is 2. The largest absolute Gasteiger partial charge is 0.496 e. The van der Waals surface area contributed by atoms with Gasteiger partial charge in [0.05, 0.1) is 17.2 Å². The molecule has 1 N–H and O–H groups in total. The fourth-order valence-electron chi connectivity index (χ4n) is 5.12. The van der Waals surface area contributed by atoms with Crippen LogP contribution in [-0.4, -0.2) is 25.0 Å². The Kier molecular flexibility index (Phi) is 6.03. The highest BCUT2D eigenvalue weighted by atomic mass is 79.9. The van der Waals surface area contributed by atoms with Gasteiger partial charge >= 0.3 is 5.97 Å². The summed E-state index contributed by atoms with van der Waals surface area (Å²) in [6, 6.07) is 5.75. The highest BCUT2D eigenvalue weighted by Crippen LogP contribution is 2.47. The number of ketones is 1. The molecular formula is C25H30BrNO4. The minimum atomic E-state index is -0.448. The molecule has 4 rings (SSSR count). The van der Waals surface area contributed by atoms with Crippen molar-refractivity contribution in [2.75, 3.05) is 7.11 Å². The summed E-state index contributed by atoms with van der Waals surface area (Å²) in [7, 11) is 1.62. The molecule has 0 spiro atoms. The van der Waals surface area contributed by atoms with Crippen LogP contribution in [0.2, 0.25) is 0 Å². The van der Waals surface area contributed by atoms with Crippen LogP contribution in [0.3, 0.4) is 0 Å². The van der Waals surface area contributed by atoms with E-state index in [-0.39, 0.29) is 23.3 Å². The summed E-state index contributed by atoms with van der Waals surface area (Å²) >= 11 is 3.56. The number of halogens is 1. The van der Waals surface area contributed by atoms with Gasteiger partial charge in [-0.15, -0.1) is 0 Å². The van der Waals surface area contributed by atoms with Gasteiger partial charge in [0.2, 0.25) is 0 Å². The average molecular weight is 488 g/mol. The number of dihydropyridines is 1. The molecule has 1 aliphatic heterocycles. The van der Waals surface area contributed by atoms with Crippen LogP contribution in [0.5, 0.6) is 5.75 Å². The number of Topliss-reactive ketones (excluding diaryl/α,β-unsaturated/α-hetero) is 1. The van der Waals surface area contributed by atoms with E-state index in [2.05, 4.69) is 35.1 Å². The van der Waals surface area contributed by atoms with Crippen molar-refractivity contribution < 1.29 is 19.1 Å². The first-order valence-electron chi connectivity index (χ1n) is 11.0. The summed E-state index contributed by atoms with van der Waals surface area (Å²) in [5, 5.41) is 3.40. The van der Waals surface area contributed by atoms with Crippen molar-refractivity contribution in [2.45, 2.75) is 71.3 Å². The van der Waals surface area contributed by atoms with Crippen molar-refractivity contribution in [3.63, 3.8) is 0 Å². The van der Waals surface area contributed by atoms with Gasteiger partial charge in [0.25, 0.3) is 0 Å². The van der Waals surface area contributed by atoms with Gasteiger partial charge in [0, 0.05) is 29.3 Å². The Morgan fingerprint density at radius 1 is 1.19 bits per heavy atom. The van der Waals surface area contributed by atoms with Gasteiger partial charge in [-0.05, 0) is 78.1 Å². The lowest BCUT2D eigenvalue weighted by molar-refractivity contribution is -0.144. The monoisotopic (exact) mass is 487 g/mol. The highest BCUT2D eigenvalue weighted by molar-refractivity contribution is 9.10. The summed E-state index contributed by atoms with van der Waals surface area (Å²) in [6.07, 6.45) is 5.19. The van der Waals surface area contributed by atoms with Gasteiger partial charge in [-0.2, -0.15) is 0 Å². The molecule has 1 fully saturated rings. The average Bonchev–Trinajstić information content (AvgIpc) is 3.18. The van der Waals surface area contributed by atoms with Crippen molar-refractivity contribution in [1.82, 2.24) is 5.32 Å². The molecule has 1 aromatic rings. The number of hydrogen-bond acceptors (Lipinski definition) is 5. The molecular weight excluding hydrogens is 458 g/mol. The molecule has 1 saturated carbocycles. The highest BCUT2D eigenvalue weighted by Gasteiger charge is 2.43. The summed E-state index contributed by atoms with van der Waals surface area (Å²) < 4.78 is 12.1. The van der Waals surface area contributed by atoms with E-state index >= 15 is 0 Å². The first kappa shape index (κ1) is 22.1. The third-order valence-corrected chi connectivity index (χ3v) is 7.16. The number of ether oxygens (including phenoxy) is 2.